The molecule has 0 aliphatic rings. The van der Waals surface area contributed by atoms with Gasteiger partial charge in [-0.1, -0.05) is 11.6 Å². The molecule has 1 aromatic heterocycles. The van der Waals surface area contributed by atoms with Gasteiger partial charge in [-0.05, 0) is 62.8 Å². The summed E-state index contributed by atoms with van der Waals surface area (Å²) in [6.07, 6.45) is 0. The highest BCUT2D eigenvalue weighted by atomic mass is 127. The number of hydrogen-bond acceptors (Lipinski definition) is 2. The number of amides is 1. The smallest absolute Gasteiger partial charge is 0.256 e. The van der Waals surface area contributed by atoms with Crippen LogP contribution in [-0.2, 0) is 0 Å². The minimum absolute atomic E-state index is 0.123. The Morgan fingerprint density at radius 2 is 2.18 bits per heavy atom. The summed E-state index contributed by atoms with van der Waals surface area (Å²) in [5.74, 6) is -0.123. The minimum atomic E-state index is -0.123. The van der Waals surface area contributed by atoms with Crippen LogP contribution in [0.25, 0.3) is 0 Å². The van der Waals surface area contributed by atoms with E-state index in [2.05, 4.69) is 43.8 Å². The van der Waals surface area contributed by atoms with Crippen molar-refractivity contribution in [2.24, 2.45) is 0 Å². The van der Waals surface area contributed by atoms with Crippen molar-refractivity contribution >= 4 is 73.1 Å². The van der Waals surface area contributed by atoms with Gasteiger partial charge in [0.2, 0.25) is 0 Å². The maximum atomic E-state index is 11.9. The zero-order valence-electron chi connectivity index (χ0n) is 8.34. The van der Waals surface area contributed by atoms with Crippen LogP contribution in [0.1, 0.15) is 10.4 Å². The molecule has 0 saturated carbocycles. The van der Waals surface area contributed by atoms with E-state index >= 15 is 0 Å². The SMILES string of the molecule is O=C(Nc1ccc(Br)c(Cl)c1)c1csc(I)c1. The summed E-state index contributed by atoms with van der Waals surface area (Å²) in [6, 6.07) is 7.16. The average molecular weight is 443 g/mol. The van der Waals surface area contributed by atoms with E-state index in [1.807, 2.05) is 11.4 Å². The van der Waals surface area contributed by atoms with Crippen LogP contribution in [-0.4, -0.2) is 5.91 Å². The van der Waals surface area contributed by atoms with Crippen molar-refractivity contribution in [1.29, 1.82) is 0 Å². The summed E-state index contributed by atoms with van der Waals surface area (Å²) in [5, 5.41) is 5.20. The molecule has 1 aromatic carbocycles. The van der Waals surface area contributed by atoms with Gasteiger partial charge in [-0.15, -0.1) is 11.3 Å². The van der Waals surface area contributed by atoms with Crippen molar-refractivity contribution in [3.63, 3.8) is 0 Å². The predicted octanol–water partition coefficient (Wildman–Crippen LogP) is 5.02. The Morgan fingerprint density at radius 1 is 1.41 bits per heavy atom. The standard InChI is InChI=1S/C11H6BrClINOS/c12-8-2-1-7(4-9(8)13)15-11(16)6-3-10(14)17-5-6/h1-5H,(H,15,16). The fraction of sp³-hybridized carbons (Fsp3) is 0. The first-order valence-corrected chi connectivity index (χ1v) is 7.69. The van der Waals surface area contributed by atoms with Gasteiger partial charge in [-0.3, -0.25) is 4.79 Å². The maximum Gasteiger partial charge on any atom is 0.256 e. The number of carbonyl (C=O) groups excluding carboxylic acids is 1. The second-order valence-corrected chi connectivity index (χ2v) is 7.29. The molecule has 0 aliphatic carbocycles. The molecule has 2 aromatic rings. The molecular formula is C11H6BrClINOS. The van der Waals surface area contributed by atoms with Crippen molar-refractivity contribution in [3.8, 4) is 0 Å². The van der Waals surface area contributed by atoms with Crippen LogP contribution < -0.4 is 5.32 Å². The van der Waals surface area contributed by atoms with Gasteiger partial charge in [-0.2, -0.15) is 0 Å². The zero-order chi connectivity index (χ0) is 12.4. The molecule has 0 aliphatic heterocycles. The van der Waals surface area contributed by atoms with E-state index in [1.54, 1.807) is 29.5 Å². The third-order valence-electron chi connectivity index (χ3n) is 2.01. The van der Waals surface area contributed by atoms with E-state index in [1.165, 1.54) is 0 Å². The predicted molar refractivity (Wildman–Crippen MR) is 84.1 cm³/mol. The summed E-state index contributed by atoms with van der Waals surface area (Å²) in [4.78, 5) is 11.9. The lowest BCUT2D eigenvalue weighted by Gasteiger charge is -2.04. The van der Waals surface area contributed by atoms with Crippen molar-refractivity contribution in [1.82, 2.24) is 0 Å². The Labute approximate surface area is 130 Å². The largest absolute Gasteiger partial charge is 0.322 e. The van der Waals surface area contributed by atoms with Crippen LogP contribution >= 0.6 is 61.5 Å². The summed E-state index contributed by atoms with van der Waals surface area (Å²) >= 11 is 13.0. The number of hydrogen-bond donors (Lipinski definition) is 1. The maximum absolute atomic E-state index is 11.9. The number of anilines is 1. The second-order valence-electron chi connectivity index (χ2n) is 3.22. The molecule has 2 rings (SSSR count). The molecule has 0 atom stereocenters. The Kier molecular flexibility index (Phi) is 4.46. The van der Waals surface area contributed by atoms with E-state index in [0.29, 0.717) is 16.3 Å². The van der Waals surface area contributed by atoms with E-state index in [9.17, 15) is 4.79 Å². The molecule has 88 valence electrons. The van der Waals surface area contributed by atoms with Crippen LogP contribution in [0.2, 0.25) is 5.02 Å². The first-order chi connectivity index (χ1) is 8.06. The molecule has 1 heterocycles. The molecule has 0 saturated heterocycles. The summed E-state index contributed by atoms with van der Waals surface area (Å²) in [6.45, 7) is 0. The molecule has 0 fully saturated rings. The Hall–Kier alpha value is -0.110. The monoisotopic (exact) mass is 441 g/mol. The number of halogens is 3. The van der Waals surface area contributed by atoms with Gasteiger partial charge < -0.3 is 5.32 Å². The van der Waals surface area contributed by atoms with Crippen LogP contribution in [0, 0.1) is 2.88 Å². The van der Waals surface area contributed by atoms with Crippen LogP contribution in [0.3, 0.4) is 0 Å². The molecule has 0 unspecified atom stereocenters. The highest BCUT2D eigenvalue weighted by Crippen LogP contribution is 2.26. The van der Waals surface area contributed by atoms with E-state index in [0.717, 1.165) is 7.36 Å². The molecule has 1 amide bonds. The molecule has 17 heavy (non-hydrogen) atoms. The fourth-order valence-corrected chi connectivity index (χ4v) is 2.96. The van der Waals surface area contributed by atoms with Crippen LogP contribution in [0.5, 0.6) is 0 Å². The molecule has 0 radical (unpaired) electrons. The Balaban J connectivity index is 2.15. The quantitative estimate of drug-likeness (QED) is 0.650. The normalized spacial score (nSPS) is 10.3. The van der Waals surface area contributed by atoms with E-state index < -0.39 is 0 Å². The summed E-state index contributed by atoms with van der Waals surface area (Å²) in [7, 11) is 0. The second kappa shape index (κ2) is 5.69. The average Bonchev–Trinajstić information content (AvgIpc) is 2.70. The van der Waals surface area contributed by atoms with Crippen LogP contribution in [0.4, 0.5) is 5.69 Å². The topological polar surface area (TPSA) is 29.1 Å². The van der Waals surface area contributed by atoms with Crippen molar-refractivity contribution < 1.29 is 4.79 Å². The van der Waals surface area contributed by atoms with Gasteiger partial charge in [0.05, 0.1) is 13.5 Å². The van der Waals surface area contributed by atoms with E-state index in [4.69, 9.17) is 11.6 Å². The number of benzene rings is 1. The summed E-state index contributed by atoms with van der Waals surface area (Å²) in [5.41, 5.74) is 1.35. The molecular weight excluding hydrogens is 436 g/mol. The van der Waals surface area contributed by atoms with Gasteiger partial charge in [0.25, 0.3) is 5.91 Å². The summed E-state index contributed by atoms with van der Waals surface area (Å²) < 4.78 is 1.89. The molecule has 6 heteroatoms. The molecule has 2 nitrogen and oxygen atoms in total. The van der Waals surface area contributed by atoms with Gasteiger partial charge in [0, 0.05) is 15.5 Å². The lowest BCUT2D eigenvalue weighted by molar-refractivity contribution is 0.102. The van der Waals surface area contributed by atoms with Gasteiger partial charge in [0.15, 0.2) is 0 Å². The number of rotatable bonds is 2. The lowest BCUT2D eigenvalue weighted by Crippen LogP contribution is -2.10. The highest BCUT2D eigenvalue weighted by Gasteiger charge is 2.08. The first kappa shape index (κ1) is 13.3. The highest BCUT2D eigenvalue weighted by molar-refractivity contribution is 14.1. The van der Waals surface area contributed by atoms with Crippen molar-refractivity contribution in [3.05, 3.63) is 47.6 Å². The molecule has 1 N–H and O–H groups in total. The number of nitrogens with one attached hydrogen (secondary N) is 1. The third-order valence-corrected chi connectivity index (χ3v) is 5.03. The zero-order valence-corrected chi connectivity index (χ0v) is 13.7. The number of carbonyl (C=O) groups is 1. The minimum Gasteiger partial charge on any atom is -0.322 e. The Morgan fingerprint density at radius 3 is 2.76 bits per heavy atom. The van der Waals surface area contributed by atoms with Crippen molar-refractivity contribution in [2.45, 2.75) is 0 Å². The molecule has 0 bridgehead atoms. The Bertz CT molecular complexity index is 572. The number of thiophene rings is 1. The van der Waals surface area contributed by atoms with Crippen LogP contribution in [0.15, 0.2) is 34.1 Å². The van der Waals surface area contributed by atoms with Gasteiger partial charge in [-0.25, -0.2) is 0 Å². The third kappa shape index (κ3) is 3.43. The van der Waals surface area contributed by atoms with Gasteiger partial charge in [0.1, 0.15) is 0 Å². The first-order valence-electron chi connectivity index (χ1n) is 4.56. The van der Waals surface area contributed by atoms with Crippen molar-refractivity contribution in [2.75, 3.05) is 5.32 Å². The fourth-order valence-electron chi connectivity index (χ4n) is 1.21. The lowest BCUT2D eigenvalue weighted by atomic mass is 10.3. The molecule has 0 spiro atoms. The van der Waals surface area contributed by atoms with Gasteiger partial charge >= 0.3 is 0 Å². The van der Waals surface area contributed by atoms with E-state index in [-0.39, 0.29) is 5.91 Å².